The van der Waals surface area contributed by atoms with Crippen LogP contribution in [0.1, 0.15) is 0 Å². The Kier molecular flexibility index (Phi) is 7.02. The molecule has 6 heteroatoms. The molecule has 0 spiro atoms. The van der Waals surface area contributed by atoms with Crippen LogP contribution in [0.4, 0.5) is 5.69 Å². The van der Waals surface area contributed by atoms with Gasteiger partial charge in [0.05, 0.1) is 13.2 Å². The predicted molar refractivity (Wildman–Crippen MR) is 70.9 cm³/mol. The van der Waals surface area contributed by atoms with Crippen molar-refractivity contribution in [3.8, 4) is 11.8 Å². The highest BCUT2D eigenvalue weighted by Crippen LogP contribution is 2.16. The number of rotatable bonds is 8. The van der Waals surface area contributed by atoms with E-state index in [4.69, 9.17) is 14.7 Å². The number of nitrogens with one attached hydrogen (secondary N) is 2. The highest BCUT2D eigenvalue weighted by Gasteiger charge is 2.02. The van der Waals surface area contributed by atoms with E-state index in [0.29, 0.717) is 24.6 Å². The minimum Gasteiger partial charge on any atom is -0.479 e. The number of ether oxygens (including phenoxy) is 2. The van der Waals surface area contributed by atoms with Gasteiger partial charge in [-0.1, -0.05) is 6.07 Å². The van der Waals surface area contributed by atoms with Gasteiger partial charge >= 0.3 is 0 Å². The van der Waals surface area contributed by atoms with Crippen LogP contribution in [0, 0.1) is 11.3 Å². The number of nitriles is 1. The monoisotopic (exact) mass is 263 g/mol. The molecule has 0 aromatic heterocycles. The molecule has 0 heterocycles. The Morgan fingerprint density at radius 2 is 2.32 bits per heavy atom. The van der Waals surface area contributed by atoms with Gasteiger partial charge < -0.3 is 20.1 Å². The molecule has 0 aliphatic rings. The summed E-state index contributed by atoms with van der Waals surface area (Å²) in [6.45, 7) is 1.38. The molecule has 0 bridgehead atoms. The van der Waals surface area contributed by atoms with E-state index in [1.54, 1.807) is 31.4 Å². The number of carbonyl (C=O) groups is 1. The summed E-state index contributed by atoms with van der Waals surface area (Å²) in [5.41, 5.74) is 0.633. The van der Waals surface area contributed by atoms with Crippen LogP contribution < -0.4 is 15.4 Å². The van der Waals surface area contributed by atoms with Crippen LogP contribution in [0.3, 0.4) is 0 Å². The minimum atomic E-state index is -0.145. The molecule has 0 atom stereocenters. The molecule has 1 amide bonds. The highest BCUT2D eigenvalue weighted by atomic mass is 16.5. The summed E-state index contributed by atoms with van der Waals surface area (Å²) < 4.78 is 10.0. The Balaban J connectivity index is 2.39. The minimum absolute atomic E-state index is 0.0179. The second kappa shape index (κ2) is 8.91. The van der Waals surface area contributed by atoms with Gasteiger partial charge in [0.25, 0.3) is 0 Å². The third-order valence-corrected chi connectivity index (χ3v) is 2.19. The van der Waals surface area contributed by atoms with Crippen molar-refractivity contribution in [2.75, 3.05) is 38.7 Å². The van der Waals surface area contributed by atoms with Gasteiger partial charge in [-0.25, -0.2) is 0 Å². The van der Waals surface area contributed by atoms with E-state index in [0.717, 1.165) is 0 Å². The van der Waals surface area contributed by atoms with Crippen molar-refractivity contribution >= 4 is 11.6 Å². The standard InChI is InChI=1S/C13H17N3O3/c1-18-8-6-15-10-13(17)16-11-3-2-4-12(9-11)19-7-5-14/h2-4,9,15H,6-8,10H2,1H3,(H,16,17). The summed E-state index contributed by atoms with van der Waals surface area (Å²) in [7, 11) is 1.61. The summed E-state index contributed by atoms with van der Waals surface area (Å²) in [4.78, 5) is 11.6. The molecule has 0 saturated heterocycles. The molecular weight excluding hydrogens is 246 g/mol. The van der Waals surface area contributed by atoms with Crippen LogP contribution in [-0.2, 0) is 9.53 Å². The summed E-state index contributed by atoms with van der Waals surface area (Å²) in [6.07, 6.45) is 0. The smallest absolute Gasteiger partial charge is 0.238 e. The molecule has 102 valence electrons. The lowest BCUT2D eigenvalue weighted by atomic mass is 10.3. The van der Waals surface area contributed by atoms with Gasteiger partial charge in [0.15, 0.2) is 6.61 Å². The average Bonchev–Trinajstić information content (AvgIpc) is 2.42. The zero-order valence-electron chi connectivity index (χ0n) is 10.8. The second-order valence-corrected chi connectivity index (χ2v) is 3.69. The van der Waals surface area contributed by atoms with Crippen LogP contribution >= 0.6 is 0 Å². The maximum Gasteiger partial charge on any atom is 0.238 e. The number of carbonyl (C=O) groups excluding carboxylic acids is 1. The van der Waals surface area contributed by atoms with E-state index in [9.17, 15) is 4.79 Å². The zero-order chi connectivity index (χ0) is 13.9. The first kappa shape index (κ1) is 15.0. The Morgan fingerprint density at radius 3 is 3.05 bits per heavy atom. The van der Waals surface area contributed by atoms with Gasteiger partial charge in [-0.2, -0.15) is 5.26 Å². The normalized spacial score (nSPS) is 9.68. The number of nitrogens with zero attached hydrogens (tertiary/aromatic N) is 1. The molecule has 6 nitrogen and oxygen atoms in total. The lowest BCUT2D eigenvalue weighted by Crippen LogP contribution is -2.30. The van der Waals surface area contributed by atoms with Gasteiger partial charge in [0.1, 0.15) is 11.8 Å². The summed E-state index contributed by atoms with van der Waals surface area (Å²) in [5, 5.41) is 14.1. The molecular formula is C13H17N3O3. The maximum atomic E-state index is 11.6. The summed E-state index contributed by atoms with van der Waals surface area (Å²) in [5.74, 6) is 0.403. The number of hydrogen-bond donors (Lipinski definition) is 2. The van der Waals surface area contributed by atoms with Crippen LogP contribution in [0.25, 0.3) is 0 Å². The fourth-order valence-corrected chi connectivity index (χ4v) is 1.36. The fraction of sp³-hybridized carbons (Fsp3) is 0.385. The summed E-state index contributed by atoms with van der Waals surface area (Å²) in [6, 6.07) is 8.79. The first-order valence-electron chi connectivity index (χ1n) is 5.85. The molecule has 1 aromatic carbocycles. The molecule has 0 aliphatic carbocycles. The summed E-state index contributed by atoms with van der Waals surface area (Å²) >= 11 is 0. The Labute approximate surface area is 112 Å². The predicted octanol–water partition coefficient (Wildman–Crippen LogP) is 0.763. The van der Waals surface area contributed by atoms with E-state index in [-0.39, 0.29) is 19.1 Å². The van der Waals surface area contributed by atoms with E-state index in [1.807, 2.05) is 6.07 Å². The first-order chi connectivity index (χ1) is 9.26. The Hall–Kier alpha value is -2.10. The van der Waals surface area contributed by atoms with Crippen molar-refractivity contribution in [2.24, 2.45) is 0 Å². The van der Waals surface area contributed by atoms with Crippen LogP contribution in [-0.4, -0.2) is 39.3 Å². The second-order valence-electron chi connectivity index (χ2n) is 3.69. The highest BCUT2D eigenvalue weighted by molar-refractivity contribution is 5.92. The quantitative estimate of drug-likeness (QED) is 0.677. The molecule has 2 N–H and O–H groups in total. The van der Waals surface area contributed by atoms with Gasteiger partial charge in [-0.05, 0) is 12.1 Å². The lowest BCUT2D eigenvalue weighted by Gasteiger charge is -2.08. The van der Waals surface area contributed by atoms with Crippen LogP contribution in [0.2, 0.25) is 0 Å². The van der Waals surface area contributed by atoms with Crippen molar-refractivity contribution < 1.29 is 14.3 Å². The van der Waals surface area contributed by atoms with E-state index in [2.05, 4.69) is 10.6 Å². The van der Waals surface area contributed by atoms with Crippen molar-refractivity contribution in [1.82, 2.24) is 5.32 Å². The first-order valence-corrected chi connectivity index (χ1v) is 5.85. The largest absolute Gasteiger partial charge is 0.479 e. The van der Waals surface area contributed by atoms with Gasteiger partial charge in [-0.3, -0.25) is 4.79 Å². The fourth-order valence-electron chi connectivity index (χ4n) is 1.36. The van der Waals surface area contributed by atoms with E-state index >= 15 is 0 Å². The Bertz CT molecular complexity index is 443. The molecule has 19 heavy (non-hydrogen) atoms. The maximum absolute atomic E-state index is 11.6. The number of amides is 1. The van der Waals surface area contributed by atoms with E-state index in [1.165, 1.54) is 0 Å². The number of benzene rings is 1. The van der Waals surface area contributed by atoms with E-state index < -0.39 is 0 Å². The van der Waals surface area contributed by atoms with Gasteiger partial charge in [0, 0.05) is 25.4 Å². The third-order valence-electron chi connectivity index (χ3n) is 2.19. The number of hydrogen-bond acceptors (Lipinski definition) is 5. The van der Waals surface area contributed by atoms with Crippen LogP contribution in [0.15, 0.2) is 24.3 Å². The molecule has 0 radical (unpaired) electrons. The van der Waals surface area contributed by atoms with Crippen molar-refractivity contribution in [2.45, 2.75) is 0 Å². The molecule has 1 rings (SSSR count). The van der Waals surface area contributed by atoms with Gasteiger partial charge in [0.2, 0.25) is 5.91 Å². The molecule has 0 aliphatic heterocycles. The zero-order valence-corrected chi connectivity index (χ0v) is 10.8. The Morgan fingerprint density at radius 1 is 1.47 bits per heavy atom. The average molecular weight is 263 g/mol. The number of methoxy groups -OCH3 is 1. The molecule has 0 fully saturated rings. The van der Waals surface area contributed by atoms with Gasteiger partial charge in [-0.15, -0.1) is 0 Å². The third kappa shape index (κ3) is 6.41. The lowest BCUT2D eigenvalue weighted by molar-refractivity contribution is -0.115. The molecule has 0 saturated carbocycles. The number of anilines is 1. The van der Waals surface area contributed by atoms with Crippen molar-refractivity contribution in [3.63, 3.8) is 0 Å². The van der Waals surface area contributed by atoms with Crippen LogP contribution in [0.5, 0.6) is 5.75 Å². The topological polar surface area (TPSA) is 83.4 Å². The SMILES string of the molecule is COCCNCC(=O)Nc1cccc(OCC#N)c1. The molecule has 0 unspecified atom stereocenters. The molecule has 1 aromatic rings. The van der Waals surface area contributed by atoms with Crippen molar-refractivity contribution in [3.05, 3.63) is 24.3 Å². The van der Waals surface area contributed by atoms with Crippen molar-refractivity contribution in [1.29, 1.82) is 5.26 Å².